The largest absolute Gasteiger partial charge is 0.271 e. The van der Waals surface area contributed by atoms with Gasteiger partial charge in [-0.05, 0) is 0 Å². The zero-order valence-electron chi connectivity index (χ0n) is 4.60. The van der Waals surface area contributed by atoms with Crippen LogP contribution in [0.15, 0.2) is 6.20 Å². The summed E-state index contributed by atoms with van der Waals surface area (Å²) in [4.78, 5) is 3.95. The Bertz CT molecular complexity index is 188. The van der Waals surface area contributed by atoms with E-state index in [1.807, 2.05) is 0 Å². The number of rotatable bonds is 2. The molecule has 5 heteroatoms. The van der Waals surface area contributed by atoms with Crippen molar-refractivity contribution in [3.8, 4) is 0 Å². The van der Waals surface area contributed by atoms with Gasteiger partial charge in [0, 0.05) is 0 Å². The number of hydrogen-bond donors (Lipinski definition) is 2. The van der Waals surface area contributed by atoms with Crippen LogP contribution in [0.1, 0.15) is 5.01 Å². The zero-order chi connectivity index (χ0) is 6.69. The van der Waals surface area contributed by atoms with Crippen molar-refractivity contribution in [2.24, 2.45) is 5.84 Å². The highest BCUT2D eigenvalue weighted by atomic mass is 35.5. The van der Waals surface area contributed by atoms with Gasteiger partial charge in [0.25, 0.3) is 0 Å². The molecule has 0 radical (unpaired) electrons. The Kier molecular flexibility index (Phi) is 2.41. The molecule has 9 heavy (non-hydrogen) atoms. The van der Waals surface area contributed by atoms with Gasteiger partial charge in [0.1, 0.15) is 9.34 Å². The van der Waals surface area contributed by atoms with E-state index in [1.165, 1.54) is 11.3 Å². The fourth-order valence-electron chi connectivity index (χ4n) is 0.457. The molecule has 0 unspecified atom stereocenters. The lowest BCUT2D eigenvalue weighted by molar-refractivity contribution is 0.736. The van der Waals surface area contributed by atoms with Gasteiger partial charge >= 0.3 is 0 Å². The summed E-state index contributed by atoms with van der Waals surface area (Å²) in [5, 5.41) is 0.905. The number of hydrazine groups is 1. The average molecular weight is 164 g/mol. The van der Waals surface area contributed by atoms with Crippen molar-refractivity contribution in [2.45, 2.75) is 6.54 Å². The SMILES string of the molecule is NNCc1ncc(Cl)s1. The van der Waals surface area contributed by atoms with Gasteiger partial charge in [0.05, 0.1) is 12.7 Å². The van der Waals surface area contributed by atoms with Gasteiger partial charge in [-0.3, -0.25) is 11.3 Å². The number of aromatic nitrogens is 1. The van der Waals surface area contributed by atoms with Crippen molar-refractivity contribution in [3.63, 3.8) is 0 Å². The number of nitrogens with zero attached hydrogens (tertiary/aromatic N) is 1. The second kappa shape index (κ2) is 3.12. The van der Waals surface area contributed by atoms with Crippen LogP contribution in [0.2, 0.25) is 4.34 Å². The van der Waals surface area contributed by atoms with E-state index in [4.69, 9.17) is 17.4 Å². The summed E-state index contributed by atoms with van der Waals surface area (Å²) in [5.74, 6) is 5.04. The van der Waals surface area contributed by atoms with Gasteiger partial charge in [-0.1, -0.05) is 11.6 Å². The molecule has 0 spiro atoms. The van der Waals surface area contributed by atoms with Crippen LogP contribution in [0.25, 0.3) is 0 Å². The van der Waals surface area contributed by atoms with E-state index in [0.717, 1.165) is 5.01 Å². The number of thiazole rings is 1. The third-order valence-electron chi connectivity index (χ3n) is 0.779. The lowest BCUT2D eigenvalue weighted by Crippen LogP contribution is -2.20. The molecule has 1 rings (SSSR count). The van der Waals surface area contributed by atoms with Crippen molar-refractivity contribution in [1.29, 1.82) is 0 Å². The smallest absolute Gasteiger partial charge is 0.113 e. The Labute approximate surface area is 61.8 Å². The summed E-state index contributed by atoms with van der Waals surface area (Å²) >= 11 is 7.01. The molecule has 0 aromatic carbocycles. The summed E-state index contributed by atoms with van der Waals surface area (Å²) in [6.07, 6.45) is 1.61. The lowest BCUT2D eigenvalue weighted by Gasteiger charge is -1.88. The van der Waals surface area contributed by atoms with Crippen LogP contribution in [-0.4, -0.2) is 4.98 Å². The van der Waals surface area contributed by atoms with Crippen molar-refractivity contribution in [2.75, 3.05) is 0 Å². The molecule has 1 heterocycles. The third-order valence-corrected chi connectivity index (χ3v) is 1.89. The van der Waals surface area contributed by atoms with Crippen LogP contribution in [0.3, 0.4) is 0 Å². The van der Waals surface area contributed by atoms with Crippen molar-refractivity contribution >= 4 is 22.9 Å². The van der Waals surface area contributed by atoms with Gasteiger partial charge in [-0.15, -0.1) is 11.3 Å². The Hall–Kier alpha value is -0.160. The molecule has 1 aromatic rings. The van der Waals surface area contributed by atoms with E-state index in [1.54, 1.807) is 6.20 Å². The van der Waals surface area contributed by atoms with Crippen LogP contribution in [0, 0.1) is 0 Å². The molecule has 0 atom stereocenters. The summed E-state index contributed by atoms with van der Waals surface area (Å²) in [5.41, 5.74) is 2.49. The fourth-order valence-corrected chi connectivity index (χ4v) is 1.36. The average Bonchev–Trinajstić information content (AvgIpc) is 2.17. The molecule has 1 aromatic heterocycles. The van der Waals surface area contributed by atoms with E-state index in [-0.39, 0.29) is 0 Å². The predicted molar refractivity (Wildman–Crippen MR) is 38.2 cm³/mol. The monoisotopic (exact) mass is 163 g/mol. The molecule has 0 fully saturated rings. The van der Waals surface area contributed by atoms with E-state index in [0.29, 0.717) is 10.9 Å². The number of halogens is 1. The topological polar surface area (TPSA) is 50.9 Å². The summed E-state index contributed by atoms with van der Waals surface area (Å²) in [6.45, 7) is 0.581. The second-order valence-corrected chi connectivity index (χ2v) is 3.19. The molecule has 0 amide bonds. The standard InChI is InChI=1S/C4H6ClN3S/c5-3-1-7-4(9-3)2-8-6/h1,8H,2,6H2. The lowest BCUT2D eigenvalue weighted by atomic mass is 10.7. The zero-order valence-corrected chi connectivity index (χ0v) is 6.17. The summed E-state index contributed by atoms with van der Waals surface area (Å²) in [7, 11) is 0. The number of hydrogen-bond acceptors (Lipinski definition) is 4. The van der Waals surface area contributed by atoms with E-state index < -0.39 is 0 Å². The molecule has 3 nitrogen and oxygen atoms in total. The highest BCUT2D eigenvalue weighted by molar-refractivity contribution is 7.15. The molecule has 0 saturated heterocycles. The molecule has 0 saturated carbocycles. The van der Waals surface area contributed by atoms with Crippen molar-refractivity contribution in [3.05, 3.63) is 15.5 Å². The van der Waals surface area contributed by atoms with Crippen molar-refractivity contribution in [1.82, 2.24) is 10.4 Å². The molecular weight excluding hydrogens is 158 g/mol. The van der Waals surface area contributed by atoms with Crippen LogP contribution in [0.5, 0.6) is 0 Å². The molecule has 0 aliphatic carbocycles. The van der Waals surface area contributed by atoms with Gasteiger partial charge in [-0.25, -0.2) is 4.98 Å². The van der Waals surface area contributed by atoms with E-state index in [2.05, 4.69) is 10.4 Å². The van der Waals surface area contributed by atoms with Crippen molar-refractivity contribution < 1.29 is 0 Å². The van der Waals surface area contributed by atoms with Crippen LogP contribution >= 0.6 is 22.9 Å². The number of nitrogens with two attached hydrogens (primary N) is 1. The quantitative estimate of drug-likeness (QED) is 0.500. The van der Waals surface area contributed by atoms with Gasteiger partial charge in [0.15, 0.2) is 0 Å². The minimum Gasteiger partial charge on any atom is -0.271 e. The second-order valence-electron chi connectivity index (χ2n) is 1.44. The third kappa shape index (κ3) is 1.91. The minimum absolute atomic E-state index is 0.581. The Morgan fingerprint density at radius 1 is 1.89 bits per heavy atom. The van der Waals surface area contributed by atoms with Crippen LogP contribution in [-0.2, 0) is 6.54 Å². The van der Waals surface area contributed by atoms with Crippen LogP contribution in [0.4, 0.5) is 0 Å². The maximum atomic E-state index is 5.58. The van der Waals surface area contributed by atoms with E-state index in [9.17, 15) is 0 Å². The van der Waals surface area contributed by atoms with E-state index >= 15 is 0 Å². The first-order valence-corrected chi connectivity index (χ1v) is 3.56. The molecule has 0 aliphatic heterocycles. The number of nitrogens with one attached hydrogen (secondary N) is 1. The summed E-state index contributed by atoms with van der Waals surface area (Å²) in [6, 6.07) is 0. The Morgan fingerprint density at radius 3 is 3.11 bits per heavy atom. The fraction of sp³-hybridized carbons (Fsp3) is 0.250. The normalized spacial score (nSPS) is 10.0. The maximum absolute atomic E-state index is 5.58. The maximum Gasteiger partial charge on any atom is 0.113 e. The van der Waals surface area contributed by atoms with Gasteiger partial charge in [-0.2, -0.15) is 0 Å². The Balaban J connectivity index is 2.61. The summed E-state index contributed by atoms with van der Waals surface area (Å²) < 4.78 is 0.695. The van der Waals surface area contributed by atoms with Crippen LogP contribution < -0.4 is 11.3 Å². The van der Waals surface area contributed by atoms with Gasteiger partial charge < -0.3 is 0 Å². The molecule has 3 N–H and O–H groups in total. The molecule has 0 bridgehead atoms. The first-order valence-electron chi connectivity index (χ1n) is 2.36. The highest BCUT2D eigenvalue weighted by Crippen LogP contribution is 2.17. The first-order chi connectivity index (χ1) is 4.33. The Morgan fingerprint density at radius 2 is 2.67 bits per heavy atom. The minimum atomic E-state index is 0.581. The first kappa shape index (κ1) is 6.95. The van der Waals surface area contributed by atoms with Gasteiger partial charge in [0.2, 0.25) is 0 Å². The molecule has 0 aliphatic rings. The molecule has 50 valence electrons. The highest BCUT2D eigenvalue weighted by Gasteiger charge is 1.95. The molecular formula is C4H6ClN3S. The predicted octanol–water partition coefficient (Wildman–Crippen LogP) is 0.760.